The summed E-state index contributed by atoms with van der Waals surface area (Å²) < 4.78 is 23.7. The van der Waals surface area contributed by atoms with E-state index in [9.17, 15) is 5.11 Å². The van der Waals surface area contributed by atoms with Crippen LogP contribution in [0.15, 0.2) is 25.3 Å². The normalized spacial score (nSPS) is 21.8. The second kappa shape index (κ2) is 31.9. The maximum Gasteiger partial charge on any atom is 0.163 e. The van der Waals surface area contributed by atoms with Crippen molar-refractivity contribution in [2.75, 3.05) is 0 Å². The molecule has 2 aliphatic heterocycles. The number of hydrogen-bond acceptors (Lipinski definition) is 8. The van der Waals surface area contributed by atoms with Gasteiger partial charge in [-0.3, -0.25) is 0 Å². The fourth-order valence-corrected chi connectivity index (χ4v) is 5.38. The number of rotatable bonds is 16. The molecule has 0 amide bonds. The molecule has 2 fully saturated rings. The summed E-state index contributed by atoms with van der Waals surface area (Å²) in [4.78, 5) is 3.58. The minimum atomic E-state index is -0.815. The molecule has 0 spiro atoms. The topological polar surface area (TPSA) is 110 Å². The Labute approximate surface area is 319 Å². The van der Waals surface area contributed by atoms with Gasteiger partial charge in [0.15, 0.2) is 11.6 Å². The maximum absolute atomic E-state index is 9.23. The lowest BCUT2D eigenvalue weighted by Crippen LogP contribution is -2.21. The SMILES string of the molecule is C#CC[C@H]1OC(C)(C)O[C@@H]1CCCCCCC.C=C[C@H](O)C#CBr.C=C[C@H](O)C#CC#CC[C@H]1OC(C)(C)O[C@@H]1CCCCCCC.ONCl.[2HH]. The number of nitrogens with one attached hydrogen (secondary N) is 1. The van der Waals surface area contributed by atoms with Gasteiger partial charge < -0.3 is 34.4 Å². The van der Waals surface area contributed by atoms with Gasteiger partial charge in [0.25, 0.3) is 0 Å². The van der Waals surface area contributed by atoms with Gasteiger partial charge in [-0.1, -0.05) is 121 Å². The van der Waals surface area contributed by atoms with E-state index in [0.717, 1.165) is 12.8 Å². The van der Waals surface area contributed by atoms with Gasteiger partial charge in [-0.25, -0.2) is 0 Å². The van der Waals surface area contributed by atoms with Gasteiger partial charge in [0, 0.05) is 42.0 Å². The number of unbranched alkanes of at least 4 members (excludes halogenated alkanes) is 8. The second-order valence-electron chi connectivity index (χ2n) is 12.7. The quantitative estimate of drug-likeness (QED) is 0.0404. The van der Waals surface area contributed by atoms with Crippen molar-refractivity contribution in [2.24, 2.45) is 0 Å². The zero-order chi connectivity index (χ0) is 38.3. The molecule has 0 unspecified atom stereocenters. The van der Waals surface area contributed by atoms with E-state index in [4.69, 9.17) is 35.7 Å². The average molecular weight is 788 g/mol. The second-order valence-corrected chi connectivity index (χ2v) is 13.3. The highest BCUT2D eigenvalue weighted by molar-refractivity contribution is 9.12. The van der Waals surface area contributed by atoms with Gasteiger partial charge in [-0.05, 0) is 57.2 Å². The van der Waals surface area contributed by atoms with Crippen molar-refractivity contribution in [3.63, 3.8) is 0 Å². The third-order valence-electron chi connectivity index (χ3n) is 7.40. The Morgan fingerprint density at radius 3 is 1.54 bits per heavy atom. The highest BCUT2D eigenvalue weighted by atomic mass is 79.9. The molecule has 0 aromatic heterocycles. The van der Waals surface area contributed by atoms with Crippen molar-refractivity contribution in [3.8, 4) is 46.8 Å². The van der Waals surface area contributed by atoms with Crippen molar-refractivity contribution in [2.45, 2.75) is 180 Å². The van der Waals surface area contributed by atoms with Crippen LogP contribution in [0.2, 0.25) is 0 Å². The van der Waals surface area contributed by atoms with Crippen molar-refractivity contribution in [3.05, 3.63) is 25.3 Å². The van der Waals surface area contributed by atoms with E-state index in [1.54, 1.807) is 0 Å². The summed E-state index contributed by atoms with van der Waals surface area (Å²) in [6.45, 7) is 19.1. The van der Waals surface area contributed by atoms with Crippen LogP contribution in [0.3, 0.4) is 0 Å². The first-order chi connectivity index (χ1) is 23.8. The summed E-state index contributed by atoms with van der Waals surface area (Å²) in [5.41, 5.74) is 0. The number of ether oxygens (including phenoxy) is 4. The summed E-state index contributed by atoms with van der Waals surface area (Å²) in [5, 5.41) is 24.9. The molecule has 2 rings (SSSR count). The van der Waals surface area contributed by atoms with Crippen LogP contribution >= 0.6 is 27.7 Å². The van der Waals surface area contributed by atoms with E-state index in [1.807, 2.05) is 27.7 Å². The molecule has 2 aliphatic rings. The Morgan fingerprint density at radius 2 is 1.16 bits per heavy atom. The Morgan fingerprint density at radius 1 is 0.760 bits per heavy atom. The summed E-state index contributed by atoms with van der Waals surface area (Å²) in [6, 6.07) is 0. The molecule has 0 saturated carbocycles. The first kappa shape index (κ1) is 50.3. The van der Waals surface area contributed by atoms with E-state index in [1.165, 1.54) is 81.4 Å². The molecule has 2 saturated heterocycles. The Kier molecular flexibility index (Phi) is 32.0. The Bertz CT molecular complexity index is 1130. The van der Waals surface area contributed by atoms with Gasteiger partial charge >= 0.3 is 0 Å². The summed E-state index contributed by atoms with van der Waals surface area (Å²) in [5.74, 6) is 15.1. The zero-order valence-corrected chi connectivity index (χ0v) is 33.6. The summed E-state index contributed by atoms with van der Waals surface area (Å²) >= 11 is 7.13. The minimum Gasteiger partial charge on any atom is -0.377 e. The standard InChI is InChI=1S/C20H30O3.C15H26O2.C5H5BrO.ClH2NO.H2/c1-5-7-8-9-12-15-18-19(23-20(3,4)22-18)16-13-10-11-14-17(21)6-2;1-5-7-8-9-10-12-14-13(11-6-2)16-15(3,4)17-14;1-2-5(7)3-4-6;1-2-3;/h6,17-19,21H,2,5,7-9,12,15-16H2,1,3-4H3;2,13-14H,5,7-12H2,1,3-4H3;2,5,7H,1H2;2-3H;1H/t17-,18+,19+;13-,14-;5-;;/m010../s1/i;;;;1+1. The fourth-order valence-electron chi connectivity index (χ4n) is 5.15. The largest absolute Gasteiger partial charge is 0.377 e. The van der Waals surface area contributed by atoms with Crippen LogP contribution in [-0.2, 0) is 18.9 Å². The predicted octanol–water partition coefficient (Wildman–Crippen LogP) is 8.96. The molecule has 286 valence electrons. The van der Waals surface area contributed by atoms with Crippen LogP contribution in [0, 0.1) is 46.8 Å². The molecule has 6 atom stereocenters. The third kappa shape index (κ3) is 27.8. The molecule has 8 nitrogen and oxygen atoms in total. The molecule has 0 aromatic rings. The van der Waals surface area contributed by atoms with Gasteiger partial charge in [-0.2, -0.15) is 0 Å². The van der Waals surface area contributed by atoms with E-state index in [-0.39, 0.29) is 25.8 Å². The lowest BCUT2D eigenvalue weighted by molar-refractivity contribution is -0.146. The smallest absolute Gasteiger partial charge is 0.163 e. The summed E-state index contributed by atoms with van der Waals surface area (Å²) in [7, 11) is 0. The van der Waals surface area contributed by atoms with Crippen LogP contribution in [-0.4, -0.2) is 63.6 Å². The molecule has 2 heterocycles. The van der Waals surface area contributed by atoms with Gasteiger partial charge in [0.05, 0.1) is 24.4 Å². The number of terminal acetylenes is 1. The fraction of sp³-hybridized carbons (Fsp3) is 0.700. The molecule has 4 N–H and O–H groups in total. The maximum atomic E-state index is 9.23. The molecule has 0 aliphatic carbocycles. The molecular formula is C40H65BrClNO7. The molecule has 10 heteroatoms. The average Bonchev–Trinajstić information content (AvgIpc) is 3.53. The number of aliphatic hydroxyl groups is 2. The first-order valence-electron chi connectivity index (χ1n) is 17.6. The van der Waals surface area contributed by atoms with Gasteiger partial charge in [0.1, 0.15) is 12.2 Å². The highest BCUT2D eigenvalue weighted by Crippen LogP contribution is 2.33. The van der Waals surface area contributed by atoms with Crippen molar-refractivity contribution in [1.82, 2.24) is 5.00 Å². The molecule has 0 bridgehead atoms. The van der Waals surface area contributed by atoms with Crippen LogP contribution in [0.5, 0.6) is 0 Å². The van der Waals surface area contributed by atoms with E-state index in [2.05, 4.69) is 95.1 Å². The Hall–Kier alpha value is -1.83. The van der Waals surface area contributed by atoms with Crippen LogP contribution in [0.1, 0.15) is 133 Å². The highest BCUT2D eigenvalue weighted by Gasteiger charge is 2.41. The zero-order valence-electron chi connectivity index (χ0n) is 31.2. The van der Waals surface area contributed by atoms with Gasteiger partial charge in [0.2, 0.25) is 0 Å². The predicted molar refractivity (Wildman–Crippen MR) is 210 cm³/mol. The monoisotopic (exact) mass is 786 g/mol. The number of aliphatic hydroxyl groups excluding tert-OH is 2. The number of hydrogen-bond donors (Lipinski definition) is 4. The lowest BCUT2D eigenvalue weighted by Gasteiger charge is -2.16. The molecule has 0 aromatic carbocycles. The van der Waals surface area contributed by atoms with E-state index < -0.39 is 23.8 Å². The molecule has 50 heavy (non-hydrogen) atoms. The van der Waals surface area contributed by atoms with Crippen molar-refractivity contribution < 1.29 is 35.8 Å². The van der Waals surface area contributed by atoms with Crippen molar-refractivity contribution in [1.29, 1.82) is 0 Å². The first-order valence-corrected chi connectivity index (χ1v) is 18.8. The summed E-state index contributed by atoms with van der Waals surface area (Å²) in [6.07, 6.45) is 23.0. The molecular weight excluding hydrogens is 722 g/mol. The minimum absolute atomic E-state index is 0. The van der Waals surface area contributed by atoms with Crippen LogP contribution in [0.25, 0.3) is 0 Å². The number of halogens is 2. The van der Waals surface area contributed by atoms with Crippen LogP contribution < -0.4 is 5.00 Å². The lowest BCUT2D eigenvalue weighted by atomic mass is 10.0. The van der Waals surface area contributed by atoms with E-state index in [0.29, 0.717) is 12.8 Å². The van der Waals surface area contributed by atoms with E-state index >= 15 is 0 Å². The van der Waals surface area contributed by atoms with Crippen LogP contribution in [0.4, 0.5) is 0 Å². The van der Waals surface area contributed by atoms with Crippen molar-refractivity contribution >= 4 is 27.7 Å². The van der Waals surface area contributed by atoms with Gasteiger partial charge in [-0.15, -0.1) is 17.3 Å². The molecule has 0 radical (unpaired) electrons. The third-order valence-corrected chi connectivity index (χ3v) is 7.63. The Balaban J connectivity index is -0.000000720.